The zero-order valence-corrected chi connectivity index (χ0v) is 6.05. The molecule has 0 spiro atoms. The van der Waals surface area contributed by atoms with Crippen molar-refractivity contribution in [3.05, 3.63) is 0 Å². The third-order valence-corrected chi connectivity index (χ3v) is 1.76. The minimum absolute atomic E-state index is 0.316. The fourth-order valence-corrected chi connectivity index (χ4v) is 1.14. The number of nitrogens with zero attached hydrogens (tertiary/aromatic N) is 1. The third-order valence-electron chi connectivity index (χ3n) is 1.76. The molecule has 1 rings (SSSR count). The standard InChI is InChI=1S/C7H13NO/c1-3-8-5-7(8)4-6(2)9/h7H,3-5H2,1-2H3. The maximum absolute atomic E-state index is 10.5. The highest BCUT2D eigenvalue weighted by atomic mass is 16.1. The average molecular weight is 127 g/mol. The van der Waals surface area contributed by atoms with Crippen LogP contribution in [0.3, 0.4) is 0 Å². The van der Waals surface area contributed by atoms with Crippen LogP contribution in [0.5, 0.6) is 0 Å². The predicted molar refractivity (Wildman–Crippen MR) is 36.3 cm³/mol. The predicted octanol–water partition coefficient (Wildman–Crippen LogP) is 0.670. The molecule has 0 bridgehead atoms. The maximum atomic E-state index is 10.5. The highest BCUT2D eigenvalue weighted by molar-refractivity contribution is 5.76. The molecule has 0 amide bonds. The second-order valence-corrected chi connectivity index (χ2v) is 2.65. The van der Waals surface area contributed by atoms with Crippen LogP contribution in [0.1, 0.15) is 20.3 Å². The number of Topliss-reactive ketones (excluding diaryl/α,β-unsaturated/α-hetero) is 1. The molecule has 2 atom stereocenters. The number of carbonyl (C=O) groups is 1. The van der Waals surface area contributed by atoms with Crippen molar-refractivity contribution in [3.8, 4) is 0 Å². The molecule has 0 aromatic rings. The molecule has 0 saturated carbocycles. The molecule has 2 heteroatoms. The highest BCUT2D eigenvalue weighted by Gasteiger charge is 2.32. The van der Waals surface area contributed by atoms with Gasteiger partial charge >= 0.3 is 0 Å². The lowest BCUT2D eigenvalue weighted by Gasteiger charge is -1.93. The molecule has 0 aliphatic carbocycles. The molecular weight excluding hydrogens is 114 g/mol. The fourth-order valence-electron chi connectivity index (χ4n) is 1.14. The Morgan fingerprint density at radius 1 is 1.78 bits per heavy atom. The SMILES string of the molecule is CCN1CC1CC(C)=O. The van der Waals surface area contributed by atoms with E-state index in [4.69, 9.17) is 0 Å². The van der Waals surface area contributed by atoms with Crippen LogP contribution in [0.15, 0.2) is 0 Å². The quantitative estimate of drug-likeness (QED) is 0.519. The summed E-state index contributed by atoms with van der Waals surface area (Å²) in [5.74, 6) is 0.316. The first-order valence-electron chi connectivity index (χ1n) is 3.47. The summed E-state index contributed by atoms with van der Waals surface area (Å²) in [4.78, 5) is 12.8. The largest absolute Gasteiger partial charge is 0.300 e. The molecule has 1 fully saturated rings. The smallest absolute Gasteiger partial charge is 0.131 e. The van der Waals surface area contributed by atoms with Gasteiger partial charge in [-0.3, -0.25) is 9.69 Å². The van der Waals surface area contributed by atoms with Crippen LogP contribution in [0.2, 0.25) is 0 Å². The number of rotatable bonds is 3. The van der Waals surface area contributed by atoms with E-state index in [1.807, 2.05) is 0 Å². The Hall–Kier alpha value is -0.370. The van der Waals surface area contributed by atoms with Crippen molar-refractivity contribution in [2.24, 2.45) is 0 Å². The zero-order chi connectivity index (χ0) is 6.85. The summed E-state index contributed by atoms with van der Waals surface area (Å²) < 4.78 is 0. The first kappa shape index (κ1) is 6.75. The molecule has 9 heavy (non-hydrogen) atoms. The Morgan fingerprint density at radius 3 is 2.78 bits per heavy atom. The molecule has 0 aromatic carbocycles. The van der Waals surface area contributed by atoms with Crippen LogP contribution < -0.4 is 0 Å². The van der Waals surface area contributed by atoms with Crippen LogP contribution in [0.4, 0.5) is 0 Å². The Balaban J connectivity index is 2.12. The Morgan fingerprint density at radius 2 is 2.44 bits per heavy atom. The summed E-state index contributed by atoms with van der Waals surface area (Å²) in [5, 5.41) is 0. The topological polar surface area (TPSA) is 20.1 Å². The second-order valence-electron chi connectivity index (χ2n) is 2.65. The van der Waals surface area contributed by atoms with Crippen LogP contribution in [0.25, 0.3) is 0 Å². The average Bonchev–Trinajstić information content (AvgIpc) is 2.45. The van der Waals surface area contributed by atoms with Gasteiger partial charge in [-0.05, 0) is 13.5 Å². The van der Waals surface area contributed by atoms with Crippen molar-refractivity contribution in [3.63, 3.8) is 0 Å². The number of hydrogen-bond acceptors (Lipinski definition) is 2. The van der Waals surface area contributed by atoms with Gasteiger partial charge in [0, 0.05) is 19.0 Å². The van der Waals surface area contributed by atoms with Crippen LogP contribution in [-0.4, -0.2) is 29.8 Å². The van der Waals surface area contributed by atoms with E-state index in [0.29, 0.717) is 11.8 Å². The van der Waals surface area contributed by atoms with Gasteiger partial charge in [0.05, 0.1) is 0 Å². The lowest BCUT2D eigenvalue weighted by atomic mass is 10.2. The van der Waals surface area contributed by atoms with Gasteiger partial charge in [-0.1, -0.05) is 6.92 Å². The van der Waals surface area contributed by atoms with Gasteiger partial charge in [0.15, 0.2) is 0 Å². The van der Waals surface area contributed by atoms with Crippen molar-refractivity contribution >= 4 is 5.78 Å². The Labute approximate surface area is 55.8 Å². The van der Waals surface area contributed by atoms with Crippen LogP contribution in [0, 0.1) is 0 Å². The lowest BCUT2D eigenvalue weighted by Crippen LogP contribution is -2.04. The third kappa shape index (κ3) is 1.79. The van der Waals surface area contributed by atoms with Crippen LogP contribution in [-0.2, 0) is 4.79 Å². The zero-order valence-electron chi connectivity index (χ0n) is 6.05. The number of ketones is 1. The van der Waals surface area contributed by atoms with Crippen molar-refractivity contribution in [1.82, 2.24) is 4.90 Å². The molecule has 1 aliphatic heterocycles. The molecular formula is C7H13NO. The molecule has 52 valence electrons. The molecule has 0 N–H and O–H groups in total. The first-order chi connectivity index (χ1) is 4.24. The minimum atomic E-state index is 0.316. The fraction of sp³-hybridized carbons (Fsp3) is 0.857. The van der Waals surface area contributed by atoms with Gasteiger partial charge in [-0.25, -0.2) is 0 Å². The maximum Gasteiger partial charge on any atom is 0.131 e. The minimum Gasteiger partial charge on any atom is -0.300 e. The molecule has 1 saturated heterocycles. The number of carbonyl (C=O) groups excluding carboxylic acids is 1. The lowest BCUT2D eigenvalue weighted by molar-refractivity contribution is -0.117. The van der Waals surface area contributed by atoms with Crippen LogP contribution >= 0.6 is 0 Å². The van der Waals surface area contributed by atoms with E-state index in [-0.39, 0.29) is 0 Å². The number of hydrogen-bond donors (Lipinski definition) is 0. The molecule has 0 aromatic heterocycles. The summed E-state index contributed by atoms with van der Waals surface area (Å²) >= 11 is 0. The molecule has 2 unspecified atom stereocenters. The van der Waals surface area contributed by atoms with E-state index in [0.717, 1.165) is 19.5 Å². The van der Waals surface area contributed by atoms with E-state index >= 15 is 0 Å². The molecule has 0 radical (unpaired) electrons. The summed E-state index contributed by atoms with van der Waals surface area (Å²) in [6, 6.07) is 0.590. The van der Waals surface area contributed by atoms with Gasteiger partial charge in [-0.15, -0.1) is 0 Å². The van der Waals surface area contributed by atoms with Crippen molar-refractivity contribution in [1.29, 1.82) is 0 Å². The molecule has 2 nitrogen and oxygen atoms in total. The normalized spacial score (nSPS) is 32.2. The van der Waals surface area contributed by atoms with Gasteiger partial charge < -0.3 is 0 Å². The second kappa shape index (κ2) is 2.48. The summed E-state index contributed by atoms with van der Waals surface area (Å²) in [6.45, 7) is 6.01. The van der Waals surface area contributed by atoms with Gasteiger partial charge in [0.1, 0.15) is 5.78 Å². The van der Waals surface area contributed by atoms with E-state index in [2.05, 4.69) is 11.8 Å². The van der Waals surface area contributed by atoms with E-state index in [9.17, 15) is 4.79 Å². The number of likely N-dealkylation sites (N-methyl/N-ethyl adjacent to an activating group) is 1. The summed E-state index contributed by atoms with van der Waals surface area (Å²) in [7, 11) is 0. The van der Waals surface area contributed by atoms with E-state index in [1.165, 1.54) is 0 Å². The van der Waals surface area contributed by atoms with Gasteiger partial charge in [-0.2, -0.15) is 0 Å². The first-order valence-corrected chi connectivity index (χ1v) is 3.47. The van der Waals surface area contributed by atoms with E-state index < -0.39 is 0 Å². The highest BCUT2D eigenvalue weighted by Crippen LogP contribution is 2.19. The van der Waals surface area contributed by atoms with E-state index in [1.54, 1.807) is 6.92 Å². The van der Waals surface area contributed by atoms with Gasteiger partial charge in [0.2, 0.25) is 0 Å². The van der Waals surface area contributed by atoms with Crippen molar-refractivity contribution < 1.29 is 4.79 Å². The van der Waals surface area contributed by atoms with Gasteiger partial charge in [0.25, 0.3) is 0 Å². The van der Waals surface area contributed by atoms with Crippen molar-refractivity contribution in [2.75, 3.05) is 13.1 Å². The summed E-state index contributed by atoms with van der Waals surface area (Å²) in [5.41, 5.74) is 0. The molecule has 1 heterocycles. The van der Waals surface area contributed by atoms with Crippen molar-refractivity contribution in [2.45, 2.75) is 26.3 Å². The monoisotopic (exact) mass is 127 g/mol. The molecule has 1 aliphatic rings. The Kier molecular flexibility index (Phi) is 1.86. The summed E-state index contributed by atoms with van der Waals surface area (Å²) in [6.07, 6.45) is 0.758. The Bertz CT molecular complexity index is 122.